The van der Waals surface area contributed by atoms with Crippen molar-refractivity contribution < 1.29 is 4.79 Å². The predicted molar refractivity (Wildman–Crippen MR) is 98.2 cm³/mol. The molecule has 0 spiro atoms. The highest BCUT2D eigenvalue weighted by molar-refractivity contribution is 5.90. The van der Waals surface area contributed by atoms with E-state index in [-0.39, 0.29) is 36.5 Å². The average Bonchev–Trinajstić information content (AvgIpc) is 3.19. The first kappa shape index (κ1) is 19.1. The number of hydrogen-bond donors (Lipinski definition) is 2. The van der Waals surface area contributed by atoms with Crippen molar-refractivity contribution in [1.29, 1.82) is 0 Å². The lowest BCUT2D eigenvalue weighted by atomic mass is 10.1. The van der Waals surface area contributed by atoms with Gasteiger partial charge in [0.05, 0.1) is 0 Å². The van der Waals surface area contributed by atoms with Crippen molar-refractivity contribution in [2.75, 3.05) is 0 Å². The smallest absolute Gasteiger partial charge is 0.291 e. The summed E-state index contributed by atoms with van der Waals surface area (Å²) < 4.78 is 1.57. The third kappa shape index (κ3) is 3.73. The van der Waals surface area contributed by atoms with E-state index in [2.05, 4.69) is 37.8 Å². The standard InChI is InChI=1S/C16H16N6O.2ClH/c1-10-4-5-18-16-20-14(21-22(10)16)15(23)19-7-11-2-3-12-8-17-9-13(12)6-11;;/h2-6,17H,7-9H2,1H3,(H,19,23);2*1H. The molecular formula is C16H18Cl2N6O. The highest BCUT2D eigenvalue weighted by Gasteiger charge is 2.15. The molecule has 1 aliphatic heterocycles. The summed E-state index contributed by atoms with van der Waals surface area (Å²) >= 11 is 0. The summed E-state index contributed by atoms with van der Waals surface area (Å²) in [5.74, 6) is 0.266. The van der Waals surface area contributed by atoms with Crippen LogP contribution in [0.15, 0.2) is 30.5 Å². The van der Waals surface area contributed by atoms with Crippen LogP contribution in [-0.4, -0.2) is 25.5 Å². The molecule has 1 amide bonds. The number of fused-ring (bicyclic) bond motifs is 2. The second kappa shape index (κ2) is 7.77. The van der Waals surface area contributed by atoms with E-state index in [0.29, 0.717) is 12.3 Å². The Balaban J connectivity index is 0.00000113. The Bertz CT molecular complexity index is 911. The molecule has 4 rings (SSSR count). The van der Waals surface area contributed by atoms with Gasteiger partial charge in [-0.2, -0.15) is 4.98 Å². The Morgan fingerprint density at radius 2 is 2.04 bits per heavy atom. The summed E-state index contributed by atoms with van der Waals surface area (Å²) in [5, 5.41) is 10.4. The minimum atomic E-state index is -0.298. The number of aromatic nitrogens is 4. The van der Waals surface area contributed by atoms with E-state index in [1.807, 2.05) is 19.1 Å². The molecule has 0 saturated heterocycles. The topological polar surface area (TPSA) is 84.2 Å². The molecule has 0 radical (unpaired) electrons. The van der Waals surface area contributed by atoms with Crippen LogP contribution >= 0.6 is 24.8 Å². The molecule has 0 unspecified atom stereocenters. The van der Waals surface area contributed by atoms with Crippen molar-refractivity contribution in [1.82, 2.24) is 30.2 Å². The van der Waals surface area contributed by atoms with Crippen LogP contribution in [0.1, 0.15) is 33.0 Å². The second-order valence-corrected chi connectivity index (χ2v) is 5.62. The van der Waals surface area contributed by atoms with E-state index < -0.39 is 0 Å². The Labute approximate surface area is 157 Å². The summed E-state index contributed by atoms with van der Waals surface area (Å²) in [6.07, 6.45) is 1.65. The first-order valence-electron chi connectivity index (χ1n) is 7.49. The van der Waals surface area contributed by atoms with Gasteiger partial charge >= 0.3 is 0 Å². The number of halogens is 2. The zero-order chi connectivity index (χ0) is 15.8. The zero-order valence-electron chi connectivity index (χ0n) is 13.5. The van der Waals surface area contributed by atoms with Gasteiger partial charge in [0, 0.05) is 31.5 Å². The number of carbonyl (C=O) groups excluding carboxylic acids is 1. The van der Waals surface area contributed by atoms with Gasteiger partial charge in [0.15, 0.2) is 0 Å². The van der Waals surface area contributed by atoms with Crippen molar-refractivity contribution in [3.63, 3.8) is 0 Å². The molecule has 3 heterocycles. The van der Waals surface area contributed by atoms with Gasteiger partial charge in [0.1, 0.15) is 0 Å². The van der Waals surface area contributed by atoms with Crippen LogP contribution in [-0.2, 0) is 19.6 Å². The quantitative estimate of drug-likeness (QED) is 0.723. The van der Waals surface area contributed by atoms with E-state index in [9.17, 15) is 4.79 Å². The van der Waals surface area contributed by atoms with E-state index in [1.165, 1.54) is 11.1 Å². The second-order valence-electron chi connectivity index (χ2n) is 5.62. The van der Waals surface area contributed by atoms with Crippen LogP contribution in [0.2, 0.25) is 0 Å². The fourth-order valence-electron chi connectivity index (χ4n) is 2.72. The van der Waals surface area contributed by atoms with Crippen molar-refractivity contribution in [3.8, 4) is 0 Å². The first-order chi connectivity index (χ1) is 11.2. The van der Waals surface area contributed by atoms with Crippen LogP contribution in [0.25, 0.3) is 5.78 Å². The van der Waals surface area contributed by atoms with Crippen LogP contribution in [0.3, 0.4) is 0 Å². The minimum absolute atomic E-state index is 0. The third-order valence-corrected chi connectivity index (χ3v) is 3.99. The molecule has 0 fully saturated rings. The van der Waals surface area contributed by atoms with Gasteiger partial charge in [0.25, 0.3) is 11.7 Å². The number of nitrogens with one attached hydrogen (secondary N) is 2. The average molecular weight is 381 g/mol. The monoisotopic (exact) mass is 380 g/mol. The van der Waals surface area contributed by atoms with Crippen LogP contribution in [0.4, 0.5) is 0 Å². The number of aryl methyl sites for hydroxylation is 1. The van der Waals surface area contributed by atoms with Gasteiger partial charge in [-0.15, -0.1) is 29.9 Å². The summed E-state index contributed by atoms with van der Waals surface area (Å²) in [6, 6.07) is 8.09. The first-order valence-corrected chi connectivity index (χ1v) is 7.49. The lowest BCUT2D eigenvalue weighted by Gasteiger charge is -2.05. The molecule has 0 atom stereocenters. The van der Waals surface area contributed by atoms with E-state index in [1.54, 1.807) is 10.7 Å². The number of benzene rings is 1. The minimum Gasteiger partial charge on any atom is -0.345 e. The van der Waals surface area contributed by atoms with Gasteiger partial charge in [-0.25, -0.2) is 9.50 Å². The summed E-state index contributed by atoms with van der Waals surface area (Å²) in [6.45, 7) is 4.15. The molecule has 2 aromatic heterocycles. The lowest BCUT2D eigenvalue weighted by Crippen LogP contribution is -2.24. The van der Waals surface area contributed by atoms with Gasteiger partial charge in [-0.1, -0.05) is 18.2 Å². The maximum atomic E-state index is 12.2. The molecule has 9 heteroatoms. The van der Waals surface area contributed by atoms with Crippen molar-refractivity contribution in [2.45, 2.75) is 26.6 Å². The molecule has 0 bridgehead atoms. The number of carbonyl (C=O) groups is 1. The Morgan fingerprint density at radius 1 is 1.24 bits per heavy atom. The fourth-order valence-corrected chi connectivity index (χ4v) is 2.72. The molecule has 25 heavy (non-hydrogen) atoms. The zero-order valence-corrected chi connectivity index (χ0v) is 15.2. The molecule has 2 N–H and O–H groups in total. The number of nitrogens with zero attached hydrogens (tertiary/aromatic N) is 4. The van der Waals surface area contributed by atoms with E-state index >= 15 is 0 Å². The molecular weight excluding hydrogens is 363 g/mol. The maximum Gasteiger partial charge on any atom is 0.291 e. The Hall–Kier alpha value is -2.22. The molecule has 132 valence electrons. The molecule has 0 saturated carbocycles. The molecule has 1 aliphatic rings. The predicted octanol–water partition coefficient (Wildman–Crippen LogP) is 1.81. The highest BCUT2D eigenvalue weighted by Crippen LogP contribution is 2.17. The highest BCUT2D eigenvalue weighted by atomic mass is 35.5. The van der Waals surface area contributed by atoms with E-state index in [4.69, 9.17) is 0 Å². The van der Waals surface area contributed by atoms with Crippen LogP contribution in [0, 0.1) is 6.92 Å². The van der Waals surface area contributed by atoms with E-state index in [0.717, 1.165) is 24.3 Å². The number of rotatable bonds is 3. The van der Waals surface area contributed by atoms with Gasteiger partial charge in [-0.05, 0) is 29.7 Å². The van der Waals surface area contributed by atoms with Crippen molar-refractivity contribution >= 4 is 36.5 Å². The normalized spacial score (nSPS) is 12.2. The van der Waals surface area contributed by atoms with Crippen LogP contribution < -0.4 is 10.6 Å². The summed E-state index contributed by atoms with van der Waals surface area (Å²) in [5.41, 5.74) is 4.57. The van der Waals surface area contributed by atoms with Gasteiger partial charge in [0.2, 0.25) is 5.82 Å². The number of hydrogen-bond acceptors (Lipinski definition) is 5. The van der Waals surface area contributed by atoms with Crippen LogP contribution in [0.5, 0.6) is 0 Å². The molecule has 3 aromatic rings. The Morgan fingerprint density at radius 3 is 2.84 bits per heavy atom. The Kier molecular flexibility index (Phi) is 5.94. The molecule has 7 nitrogen and oxygen atoms in total. The SMILES string of the molecule is Cc1ccnc2nc(C(=O)NCc3ccc4c(c3)CNC4)nn12.Cl.Cl. The van der Waals surface area contributed by atoms with Crippen molar-refractivity contribution in [2.24, 2.45) is 0 Å². The summed E-state index contributed by atoms with van der Waals surface area (Å²) in [4.78, 5) is 20.5. The fraction of sp³-hybridized carbons (Fsp3) is 0.250. The van der Waals surface area contributed by atoms with Crippen molar-refractivity contribution in [3.05, 3.63) is 58.7 Å². The van der Waals surface area contributed by atoms with Gasteiger partial charge < -0.3 is 10.6 Å². The largest absolute Gasteiger partial charge is 0.345 e. The third-order valence-electron chi connectivity index (χ3n) is 3.99. The molecule has 0 aliphatic carbocycles. The molecule has 1 aromatic carbocycles. The lowest BCUT2D eigenvalue weighted by molar-refractivity contribution is 0.0940. The number of amides is 1. The maximum absolute atomic E-state index is 12.2. The summed E-state index contributed by atoms with van der Waals surface area (Å²) in [7, 11) is 0. The van der Waals surface area contributed by atoms with Gasteiger partial charge in [-0.3, -0.25) is 4.79 Å².